The van der Waals surface area contributed by atoms with E-state index < -0.39 is 27.7 Å². The molecule has 1 fully saturated rings. The van der Waals surface area contributed by atoms with Crippen LogP contribution in [0.4, 0.5) is 14.5 Å². The third-order valence-corrected chi connectivity index (χ3v) is 7.44. The van der Waals surface area contributed by atoms with Crippen molar-refractivity contribution in [3.63, 3.8) is 0 Å². The number of hydrogen-bond donors (Lipinski definition) is 1. The highest BCUT2D eigenvalue weighted by atomic mass is 32.2. The number of anilines is 1. The van der Waals surface area contributed by atoms with Gasteiger partial charge in [0.25, 0.3) is 0 Å². The van der Waals surface area contributed by atoms with Gasteiger partial charge in [0.15, 0.2) is 0 Å². The van der Waals surface area contributed by atoms with Crippen molar-refractivity contribution in [2.24, 2.45) is 0 Å². The van der Waals surface area contributed by atoms with Gasteiger partial charge < -0.3 is 5.32 Å². The summed E-state index contributed by atoms with van der Waals surface area (Å²) in [5, 5.41) is 2.82. The largest absolute Gasteiger partial charge is 0.324 e. The summed E-state index contributed by atoms with van der Waals surface area (Å²) in [6, 6.07) is 19.0. The van der Waals surface area contributed by atoms with Crippen LogP contribution in [0, 0.1) is 11.6 Å². The van der Waals surface area contributed by atoms with Gasteiger partial charge in [-0.05, 0) is 48.0 Å². The molecule has 1 amide bonds. The first-order chi connectivity index (χ1) is 15.8. The molecule has 1 N–H and O–H groups in total. The Kier molecular flexibility index (Phi) is 6.83. The van der Waals surface area contributed by atoms with Gasteiger partial charge in [0.1, 0.15) is 17.7 Å². The van der Waals surface area contributed by atoms with Crippen molar-refractivity contribution in [1.82, 2.24) is 9.21 Å². The third kappa shape index (κ3) is 5.27. The maximum atomic E-state index is 13.6. The van der Waals surface area contributed by atoms with Gasteiger partial charge in [-0.25, -0.2) is 17.2 Å². The third-order valence-electron chi connectivity index (χ3n) is 5.55. The zero-order valence-electron chi connectivity index (χ0n) is 17.7. The fourth-order valence-corrected chi connectivity index (χ4v) is 5.34. The van der Waals surface area contributed by atoms with E-state index in [1.165, 1.54) is 46.8 Å². The molecule has 0 saturated carbocycles. The molecule has 1 aliphatic rings. The molecule has 1 unspecified atom stereocenters. The quantitative estimate of drug-likeness (QED) is 0.596. The number of nitrogens with one attached hydrogen (secondary N) is 1. The van der Waals surface area contributed by atoms with Crippen LogP contribution in [-0.2, 0) is 14.8 Å². The van der Waals surface area contributed by atoms with Crippen molar-refractivity contribution in [2.75, 3.05) is 31.5 Å². The number of sulfonamides is 1. The molecular formula is C24H23F2N3O3S. The topological polar surface area (TPSA) is 69.7 Å². The lowest BCUT2D eigenvalue weighted by molar-refractivity contribution is -0.122. The summed E-state index contributed by atoms with van der Waals surface area (Å²) in [6.07, 6.45) is 0. The summed E-state index contributed by atoms with van der Waals surface area (Å²) in [5.74, 6) is -1.31. The Balaban J connectivity index is 1.52. The predicted octanol–water partition coefficient (Wildman–Crippen LogP) is 3.65. The summed E-state index contributed by atoms with van der Waals surface area (Å²) in [5.41, 5.74) is 1.23. The summed E-state index contributed by atoms with van der Waals surface area (Å²) >= 11 is 0. The number of halogens is 2. The average Bonchev–Trinajstić information content (AvgIpc) is 2.82. The van der Waals surface area contributed by atoms with Crippen molar-refractivity contribution in [2.45, 2.75) is 10.9 Å². The number of benzene rings is 3. The van der Waals surface area contributed by atoms with E-state index >= 15 is 0 Å². The number of nitrogens with zero attached hydrogens (tertiary/aromatic N) is 2. The van der Waals surface area contributed by atoms with Gasteiger partial charge in [0, 0.05) is 31.9 Å². The lowest BCUT2D eigenvalue weighted by Crippen LogP contribution is -2.51. The second-order valence-electron chi connectivity index (χ2n) is 7.71. The highest BCUT2D eigenvalue weighted by Crippen LogP contribution is 2.26. The number of rotatable bonds is 6. The van der Waals surface area contributed by atoms with E-state index in [0.29, 0.717) is 18.8 Å². The molecule has 1 heterocycles. The van der Waals surface area contributed by atoms with E-state index in [1.54, 1.807) is 0 Å². The minimum atomic E-state index is -3.84. The van der Waals surface area contributed by atoms with Gasteiger partial charge in [0.05, 0.1) is 4.90 Å². The molecular weight excluding hydrogens is 448 g/mol. The number of hydrogen-bond acceptors (Lipinski definition) is 4. The lowest BCUT2D eigenvalue weighted by Gasteiger charge is -2.38. The van der Waals surface area contributed by atoms with Crippen LogP contribution in [-0.4, -0.2) is 49.7 Å². The predicted molar refractivity (Wildman–Crippen MR) is 121 cm³/mol. The van der Waals surface area contributed by atoms with Crippen LogP contribution >= 0.6 is 0 Å². The second-order valence-corrected chi connectivity index (χ2v) is 9.64. The van der Waals surface area contributed by atoms with Crippen LogP contribution in [0.1, 0.15) is 11.6 Å². The highest BCUT2D eigenvalue weighted by Gasteiger charge is 2.34. The summed E-state index contributed by atoms with van der Waals surface area (Å²) in [7, 11) is -3.84. The molecule has 3 aromatic carbocycles. The van der Waals surface area contributed by atoms with Gasteiger partial charge >= 0.3 is 0 Å². The molecule has 1 aliphatic heterocycles. The maximum Gasteiger partial charge on any atom is 0.246 e. The molecule has 1 atom stereocenters. The highest BCUT2D eigenvalue weighted by molar-refractivity contribution is 7.89. The average molecular weight is 472 g/mol. The maximum absolute atomic E-state index is 13.6. The van der Waals surface area contributed by atoms with Gasteiger partial charge in [-0.15, -0.1) is 0 Å². The van der Waals surface area contributed by atoms with E-state index in [4.69, 9.17) is 0 Å². The first kappa shape index (κ1) is 23.0. The second kappa shape index (κ2) is 9.78. The SMILES string of the molecule is O=C(Nc1ccc(F)cc1)C(c1ccccc1)N1CCN(S(=O)(=O)c2cccc(F)c2)CC1. The fraction of sp³-hybridized carbons (Fsp3) is 0.208. The summed E-state index contributed by atoms with van der Waals surface area (Å²) in [6.45, 7) is 0.938. The standard InChI is InChI=1S/C24H23F2N3O3S/c25-19-9-11-21(12-10-19)27-24(30)23(18-5-2-1-3-6-18)28-13-15-29(16-14-28)33(31,32)22-8-4-7-20(26)17-22/h1-12,17,23H,13-16H2,(H,27,30). The van der Waals surface area contributed by atoms with E-state index in [2.05, 4.69) is 5.32 Å². The number of carbonyl (C=O) groups excluding carboxylic acids is 1. The van der Waals surface area contributed by atoms with Crippen molar-refractivity contribution >= 4 is 21.6 Å². The summed E-state index contributed by atoms with van der Waals surface area (Å²) in [4.78, 5) is 15.0. The first-order valence-electron chi connectivity index (χ1n) is 10.5. The van der Waals surface area contributed by atoms with Crippen molar-refractivity contribution in [3.8, 4) is 0 Å². The normalized spacial score (nSPS) is 16.3. The smallest absolute Gasteiger partial charge is 0.246 e. The molecule has 0 aromatic heterocycles. The fourth-order valence-electron chi connectivity index (χ4n) is 3.89. The van der Waals surface area contributed by atoms with E-state index in [-0.39, 0.29) is 23.9 Å². The molecule has 4 rings (SSSR count). The summed E-state index contributed by atoms with van der Waals surface area (Å²) < 4.78 is 53.9. The van der Waals surface area contributed by atoms with Crippen LogP contribution in [0.2, 0.25) is 0 Å². The van der Waals surface area contributed by atoms with Gasteiger partial charge in [0.2, 0.25) is 15.9 Å². The molecule has 9 heteroatoms. The molecule has 0 radical (unpaired) electrons. The van der Waals surface area contributed by atoms with Crippen LogP contribution in [0.15, 0.2) is 83.8 Å². The Morgan fingerprint density at radius 3 is 2.12 bits per heavy atom. The van der Waals surface area contributed by atoms with Crippen molar-refractivity contribution < 1.29 is 22.0 Å². The molecule has 33 heavy (non-hydrogen) atoms. The Bertz CT molecular complexity index is 1210. The van der Waals surface area contributed by atoms with Crippen LogP contribution in [0.5, 0.6) is 0 Å². The van der Waals surface area contributed by atoms with Gasteiger partial charge in [-0.3, -0.25) is 9.69 Å². The number of carbonyl (C=O) groups is 1. The van der Waals surface area contributed by atoms with Crippen LogP contribution in [0.3, 0.4) is 0 Å². The Morgan fingerprint density at radius 2 is 1.48 bits per heavy atom. The number of amides is 1. The van der Waals surface area contributed by atoms with Crippen molar-refractivity contribution in [1.29, 1.82) is 0 Å². The monoisotopic (exact) mass is 471 g/mol. The first-order valence-corrected chi connectivity index (χ1v) is 11.9. The van der Waals surface area contributed by atoms with E-state index in [9.17, 15) is 22.0 Å². The molecule has 3 aromatic rings. The molecule has 6 nitrogen and oxygen atoms in total. The Labute approximate surface area is 191 Å². The lowest BCUT2D eigenvalue weighted by atomic mass is 10.0. The minimum Gasteiger partial charge on any atom is -0.324 e. The molecule has 0 spiro atoms. The number of piperazine rings is 1. The minimum absolute atomic E-state index is 0.0930. The Morgan fingerprint density at radius 1 is 0.818 bits per heavy atom. The van der Waals surface area contributed by atoms with E-state index in [1.807, 2.05) is 35.2 Å². The zero-order chi connectivity index (χ0) is 23.4. The van der Waals surface area contributed by atoms with Crippen LogP contribution < -0.4 is 5.32 Å². The molecule has 1 saturated heterocycles. The van der Waals surface area contributed by atoms with Gasteiger partial charge in [-0.2, -0.15) is 4.31 Å². The molecule has 0 bridgehead atoms. The molecule has 172 valence electrons. The Hall–Kier alpha value is -3.14. The molecule has 0 aliphatic carbocycles. The van der Waals surface area contributed by atoms with Crippen LogP contribution in [0.25, 0.3) is 0 Å². The van der Waals surface area contributed by atoms with E-state index in [0.717, 1.165) is 11.6 Å². The zero-order valence-corrected chi connectivity index (χ0v) is 18.5. The van der Waals surface area contributed by atoms with Crippen molar-refractivity contribution in [3.05, 3.63) is 96.1 Å². The van der Waals surface area contributed by atoms with Gasteiger partial charge in [-0.1, -0.05) is 36.4 Å².